The Morgan fingerprint density at radius 1 is 1.00 bits per heavy atom. The summed E-state index contributed by atoms with van der Waals surface area (Å²) >= 11 is 0. The van der Waals surface area contributed by atoms with Crippen molar-refractivity contribution < 1.29 is 9.59 Å². The van der Waals surface area contributed by atoms with E-state index >= 15 is 0 Å². The van der Waals surface area contributed by atoms with Crippen molar-refractivity contribution >= 4 is 34.2 Å². The average Bonchev–Trinajstić information content (AvgIpc) is 3.04. The number of hydrogen-bond acceptors (Lipinski definition) is 3. The molecule has 3 amide bonds. The van der Waals surface area contributed by atoms with Gasteiger partial charge in [-0.05, 0) is 44.2 Å². The Morgan fingerprint density at radius 2 is 1.68 bits per heavy atom. The number of hydrogen-bond donors (Lipinski definition) is 4. The maximum Gasteiger partial charge on any atom is 0.319 e. The number of amides is 3. The lowest BCUT2D eigenvalue weighted by atomic mass is 10.1. The van der Waals surface area contributed by atoms with Crippen molar-refractivity contribution in [2.75, 3.05) is 10.6 Å². The summed E-state index contributed by atoms with van der Waals surface area (Å²) in [5.74, 6) is -0.229. The molecule has 0 spiro atoms. The predicted molar refractivity (Wildman–Crippen MR) is 97.8 cm³/mol. The highest BCUT2D eigenvalue weighted by atomic mass is 16.2. The van der Waals surface area contributed by atoms with Crippen LogP contribution in [0.5, 0.6) is 0 Å². The van der Waals surface area contributed by atoms with Crippen LogP contribution in [0.4, 0.5) is 16.2 Å². The first-order valence-electron chi connectivity index (χ1n) is 7.94. The molecule has 4 N–H and O–H groups in total. The number of H-pyrrole nitrogens is 1. The summed E-state index contributed by atoms with van der Waals surface area (Å²) < 4.78 is 0. The third-order valence-electron chi connectivity index (χ3n) is 3.54. The van der Waals surface area contributed by atoms with E-state index < -0.39 is 0 Å². The number of urea groups is 1. The van der Waals surface area contributed by atoms with Crippen LogP contribution in [0.15, 0.2) is 48.7 Å². The van der Waals surface area contributed by atoms with Gasteiger partial charge in [0.1, 0.15) is 0 Å². The van der Waals surface area contributed by atoms with Crippen LogP contribution >= 0.6 is 0 Å². The molecule has 1 heterocycles. The first-order chi connectivity index (χ1) is 12.0. The highest BCUT2D eigenvalue weighted by molar-refractivity contribution is 6.11. The minimum absolute atomic E-state index is 0.0590. The second kappa shape index (κ2) is 7.04. The zero-order valence-corrected chi connectivity index (χ0v) is 14.0. The van der Waals surface area contributed by atoms with Gasteiger partial charge in [0, 0.05) is 22.8 Å². The van der Waals surface area contributed by atoms with Crippen LogP contribution in [-0.2, 0) is 0 Å². The van der Waals surface area contributed by atoms with Gasteiger partial charge in [-0.25, -0.2) is 4.79 Å². The van der Waals surface area contributed by atoms with Gasteiger partial charge in [0.2, 0.25) is 0 Å². The Kier molecular flexibility index (Phi) is 4.65. The van der Waals surface area contributed by atoms with Crippen LogP contribution < -0.4 is 16.0 Å². The lowest BCUT2D eigenvalue weighted by Crippen LogP contribution is -2.34. The van der Waals surface area contributed by atoms with Crippen LogP contribution in [0.1, 0.15) is 24.2 Å². The zero-order valence-electron chi connectivity index (χ0n) is 14.0. The molecule has 0 radical (unpaired) electrons. The number of nitrogens with one attached hydrogen (secondary N) is 4. The molecule has 3 rings (SSSR count). The van der Waals surface area contributed by atoms with Crippen LogP contribution in [0.3, 0.4) is 0 Å². The number of para-hydroxylation sites is 1. The highest BCUT2D eigenvalue weighted by Gasteiger charge is 2.11. The Hall–Kier alpha value is -3.35. The number of nitrogens with zero attached hydrogens (tertiary/aromatic N) is 1. The Bertz CT molecular complexity index is 899. The molecule has 0 aliphatic rings. The number of carbonyl (C=O) groups excluding carboxylic acids is 2. The van der Waals surface area contributed by atoms with Gasteiger partial charge < -0.3 is 16.0 Å². The van der Waals surface area contributed by atoms with Crippen molar-refractivity contribution in [1.29, 1.82) is 0 Å². The minimum atomic E-state index is -0.266. The van der Waals surface area contributed by atoms with Crippen LogP contribution in [-0.4, -0.2) is 28.2 Å². The van der Waals surface area contributed by atoms with Gasteiger partial charge in [-0.1, -0.05) is 12.1 Å². The van der Waals surface area contributed by atoms with Crippen LogP contribution in [0.25, 0.3) is 10.9 Å². The standard InChI is InChI=1S/C18H19N5O2/c1-11(2)20-18(25)22-14-8-6-13(7-9-14)21-17(24)15-5-3-4-12-10-19-23-16(12)15/h3-11H,1-2H3,(H,19,23)(H,21,24)(H2,20,22,25). The van der Waals surface area contributed by atoms with Crippen molar-refractivity contribution in [3.05, 3.63) is 54.2 Å². The quantitative estimate of drug-likeness (QED) is 0.587. The van der Waals surface area contributed by atoms with Crippen molar-refractivity contribution in [2.45, 2.75) is 19.9 Å². The molecule has 2 aromatic carbocycles. The molecule has 0 saturated carbocycles. The molecule has 1 aromatic heterocycles. The minimum Gasteiger partial charge on any atom is -0.336 e. The maximum atomic E-state index is 12.5. The van der Waals surface area contributed by atoms with Gasteiger partial charge in [-0.2, -0.15) is 5.10 Å². The van der Waals surface area contributed by atoms with E-state index in [0.29, 0.717) is 22.5 Å². The molecule has 0 bridgehead atoms. The van der Waals surface area contributed by atoms with Gasteiger partial charge in [0.25, 0.3) is 5.91 Å². The van der Waals surface area contributed by atoms with E-state index in [-0.39, 0.29) is 18.0 Å². The maximum absolute atomic E-state index is 12.5. The molecular weight excluding hydrogens is 318 g/mol. The Morgan fingerprint density at radius 3 is 2.36 bits per heavy atom. The van der Waals surface area contributed by atoms with Crippen LogP contribution in [0.2, 0.25) is 0 Å². The van der Waals surface area contributed by atoms with Gasteiger partial charge in [0.05, 0.1) is 17.3 Å². The van der Waals surface area contributed by atoms with E-state index in [4.69, 9.17) is 0 Å². The monoisotopic (exact) mass is 337 g/mol. The Labute approximate surface area is 144 Å². The first-order valence-corrected chi connectivity index (χ1v) is 7.94. The molecule has 128 valence electrons. The number of aromatic amines is 1. The van der Waals surface area contributed by atoms with E-state index in [0.717, 1.165) is 5.39 Å². The molecule has 0 saturated heterocycles. The van der Waals surface area contributed by atoms with Crippen molar-refractivity contribution in [2.24, 2.45) is 0 Å². The van der Waals surface area contributed by atoms with E-state index in [9.17, 15) is 9.59 Å². The topological polar surface area (TPSA) is 98.9 Å². The first kappa shape index (κ1) is 16.5. The molecule has 3 aromatic rings. The summed E-state index contributed by atoms with van der Waals surface area (Å²) in [6.07, 6.45) is 1.68. The molecule has 0 unspecified atom stereocenters. The summed E-state index contributed by atoms with van der Waals surface area (Å²) in [5, 5.41) is 16.0. The Balaban J connectivity index is 1.68. The van der Waals surface area contributed by atoms with Crippen molar-refractivity contribution in [1.82, 2.24) is 15.5 Å². The molecule has 0 aliphatic carbocycles. The van der Waals surface area contributed by atoms with Gasteiger partial charge >= 0.3 is 6.03 Å². The zero-order chi connectivity index (χ0) is 17.8. The fourth-order valence-electron chi connectivity index (χ4n) is 2.42. The smallest absolute Gasteiger partial charge is 0.319 e. The van der Waals surface area contributed by atoms with Crippen molar-refractivity contribution in [3.8, 4) is 0 Å². The second-order valence-electron chi connectivity index (χ2n) is 5.92. The largest absolute Gasteiger partial charge is 0.336 e. The summed E-state index contributed by atoms with van der Waals surface area (Å²) in [4.78, 5) is 24.1. The summed E-state index contributed by atoms with van der Waals surface area (Å²) in [6, 6.07) is 12.2. The normalized spacial score (nSPS) is 10.7. The molecule has 0 atom stereocenters. The molecule has 0 fully saturated rings. The molecule has 25 heavy (non-hydrogen) atoms. The fourth-order valence-corrected chi connectivity index (χ4v) is 2.42. The van der Waals surface area contributed by atoms with E-state index in [1.54, 1.807) is 36.5 Å². The van der Waals surface area contributed by atoms with E-state index in [1.165, 1.54) is 0 Å². The van der Waals surface area contributed by atoms with E-state index in [2.05, 4.69) is 26.1 Å². The number of fused-ring (bicyclic) bond motifs is 1. The number of anilines is 2. The lowest BCUT2D eigenvalue weighted by Gasteiger charge is -2.11. The van der Waals surface area contributed by atoms with Gasteiger partial charge in [0.15, 0.2) is 0 Å². The lowest BCUT2D eigenvalue weighted by molar-refractivity contribution is 0.102. The molecular formula is C18H19N5O2. The van der Waals surface area contributed by atoms with Gasteiger partial charge in [-0.3, -0.25) is 9.89 Å². The number of rotatable bonds is 4. The number of aromatic nitrogens is 2. The SMILES string of the molecule is CC(C)NC(=O)Nc1ccc(NC(=O)c2cccc3cn[nH]c23)cc1. The molecule has 7 nitrogen and oxygen atoms in total. The summed E-state index contributed by atoms with van der Waals surface area (Å²) in [6.45, 7) is 3.77. The third-order valence-corrected chi connectivity index (χ3v) is 3.54. The predicted octanol–water partition coefficient (Wildman–Crippen LogP) is 3.35. The van der Waals surface area contributed by atoms with Gasteiger partial charge in [-0.15, -0.1) is 0 Å². The number of carbonyl (C=O) groups is 2. The van der Waals surface area contributed by atoms with Crippen molar-refractivity contribution in [3.63, 3.8) is 0 Å². The second-order valence-corrected chi connectivity index (χ2v) is 5.92. The summed E-state index contributed by atoms with van der Waals surface area (Å²) in [5.41, 5.74) is 2.50. The molecule has 0 aliphatic heterocycles. The highest BCUT2D eigenvalue weighted by Crippen LogP contribution is 2.18. The third kappa shape index (κ3) is 3.95. The number of benzene rings is 2. The fraction of sp³-hybridized carbons (Fsp3) is 0.167. The summed E-state index contributed by atoms with van der Waals surface area (Å²) in [7, 11) is 0. The van der Waals surface area contributed by atoms with E-state index in [1.807, 2.05) is 26.0 Å². The average molecular weight is 337 g/mol. The molecule has 7 heteroatoms. The van der Waals surface area contributed by atoms with Crippen LogP contribution in [0, 0.1) is 0 Å².